The number of amides is 2. The van der Waals surface area contributed by atoms with Gasteiger partial charge in [0.25, 0.3) is 5.91 Å². The highest BCUT2D eigenvalue weighted by atomic mass is 19.1. The van der Waals surface area contributed by atoms with Gasteiger partial charge >= 0.3 is 0 Å². The highest BCUT2D eigenvalue weighted by molar-refractivity contribution is 6.00. The molecule has 1 atom stereocenters. The first-order valence-corrected chi connectivity index (χ1v) is 7.95. The van der Waals surface area contributed by atoms with Gasteiger partial charge in [-0.3, -0.25) is 9.59 Å². The van der Waals surface area contributed by atoms with Crippen LogP contribution in [0.4, 0.5) is 14.5 Å². The molecule has 1 aliphatic heterocycles. The van der Waals surface area contributed by atoms with E-state index in [1.165, 1.54) is 11.0 Å². The summed E-state index contributed by atoms with van der Waals surface area (Å²) < 4.78 is 31.5. The monoisotopic (exact) mass is 349 g/mol. The van der Waals surface area contributed by atoms with Gasteiger partial charge in [0, 0.05) is 24.4 Å². The maximum absolute atomic E-state index is 13.3. The molecule has 25 heavy (non-hydrogen) atoms. The summed E-state index contributed by atoms with van der Waals surface area (Å²) in [6.07, 6.45) is 2.00. The molecule has 1 aliphatic rings. The van der Waals surface area contributed by atoms with Crippen molar-refractivity contribution in [3.63, 3.8) is 0 Å². The lowest BCUT2D eigenvalue weighted by molar-refractivity contribution is -0.121. The van der Waals surface area contributed by atoms with Crippen LogP contribution in [-0.4, -0.2) is 34.5 Å². The molecule has 1 fully saturated rings. The quantitative estimate of drug-likeness (QED) is 0.924. The van der Waals surface area contributed by atoms with Gasteiger partial charge < -0.3 is 14.7 Å². The highest BCUT2D eigenvalue weighted by Gasteiger charge is 2.34. The van der Waals surface area contributed by atoms with Gasteiger partial charge in [0.15, 0.2) is 5.69 Å². The van der Waals surface area contributed by atoms with Crippen molar-refractivity contribution >= 4 is 17.5 Å². The van der Waals surface area contributed by atoms with Gasteiger partial charge in [-0.25, -0.2) is 8.78 Å². The number of anilines is 1. The number of piperidine rings is 1. The van der Waals surface area contributed by atoms with Gasteiger partial charge in [0.1, 0.15) is 23.4 Å². The van der Waals surface area contributed by atoms with Crippen LogP contribution in [0, 0.1) is 18.6 Å². The molecule has 0 spiro atoms. The van der Waals surface area contributed by atoms with Crippen molar-refractivity contribution in [1.29, 1.82) is 0 Å². The van der Waals surface area contributed by atoms with E-state index >= 15 is 0 Å². The van der Waals surface area contributed by atoms with E-state index in [1.807, 2.05) is 0 Å². The number of nitrogens with one attached hydrogen (secondary N) is 1. The second kappa shape index (κ2) is 7.00. The minimum Gasteiger partial charge on any atom is -0.361 e. The number of aryl methyl sites for hydroxylation is 1. The van der Waals surface area contributed by atoms with Gasteiger partial charge in [-0.15, -0.1) is 0 Å². The van der Waals surface area contributed by atoms with Gasteiger partial charge in [-0.1, -0.05) is 5.16 Å². The lowest BCUT2D eigenvalue weighted by atomic mass is 10.0. The number of carbonyl (C=O) groups is 2. The van der Waals surface area contributed by atoms with Crippen LogP contribution < -0.4 is 5.32 Å². The van der Waals surface area contributed by atoms with E-state index in [-0.39, 0.29) is 11.4 Å². The van der Waals surface area contributed by atoms with Crippen molar-refractivity contribution in [3.8, 4) is 0 Å². The van der Waals surface area contributed by atoms with E-state index in [0.29, 0.717) is 18.7 Å². The molecular formula is C17H17F2N3O3. The third-order valence-electron chi connectivity index (χ3n) is 4.04. The zero-order chi connectivity index (χ0) is 18.0. The summed E-state index contributed by atoms with van der Waals surface area (Å²) in [5, 5.41) is 6.17. The van der Waals surface area contributed by atoms with E-state index in [1.54, 1.807) is 6.92 Å². The number of hydrogen-bond donors (Lipinski definition) is 1. The molecular weight excluding hydrogens is 332 g/mol. The Morgan fingerprint density at radius 1 is 1.20 bits per heavy atom. The molecule has 2 heterocycles. The fourth-order valence-electron chi connectivity index (χ4n) is 2.91. The third-order valence-corrected chi connectivity index (χ3v) is 4.04. The van der Waals surface area contributed by atoms with Crippen LogP contribution in [0.1, 0.15) is 35.5 Å². The normalized spacial score (nSPS) is 17.4. The van der Waals surface area contributed by atoms with Crippen molar-refractivity contribution in [2.75, 3.05) is 11.9 Å². The van der Waals surface area contributed by atoms with E-state index in [4.69, 9.17) is 4.52 Å². The van der Waals surface area contributed by atoms with E-state index in [9.17, 15) is 18.4 Å². The molecule has 1 aromatic heterocycles. The van der Waals surface area contributed by atoms with Crippen LogP contribution in [0.3, 0.4) is 0 Å². The summed E-state index contributed by atoms with van der Waals surface area (Å²) in [6.45, 7) is 2.07. The molecule has 1 aromatic carbocycles. The minimum absolute atomic E-state index is 0.0118. The standard InChI is InChI=1S/C17H17F2N3O3/c1-10-6-14(21-25-10)17(24)22-5-3-2-4-15(22)16(23)20-13-8-11(18)7-12(19)9-13/h6-9,15H,2-5H2,1H3,(H,20,23)/t15-/m1/s1. The maximum atomic E-state index is 13.3. The van der Waals surface area contributed by atoms with Crippen molar-refractivity contribution in [3.05, 3.63) is 47.4 Å². The van der Waals surface area contributed by atoms with Crippen LogP contribution in [0.15, 0.2) is 28.8 Å². The SMILES string of the molecule is Cc1cc(C(=O)N2CCCC[C@@H]2C(=O)Nc2cc(F)cc(F)c2)no1. The Morgan fingerprint density at radius 3 is 2.56 bits per heavy atom. The lowest BCUT2D eigenvalue weighted by Crippen LogP contribution is -2.50. The van der Waals surface area contributed by atoms with E-state index < -0.39 is 29.5 Å². The summed E-state index contributed by atoms with van der Waals surface area (Å²) in [4.78, 5) is 26.6. The predicted octanol–water partition coefficient (Wildman–Crippen LogP) is 2.89. The fraction of sp³-hybridized carbons (Fsp3) is 0.353. The molecule has 2 aromatic rings. The van der Waals surface area contributed by atoms with Crippen LogP contribution in [0.2, 0.25) is 0 Å². The number of rotatable bonds is 3. The van der Waals surface area contributed by atoms with Crippen molar-refractivity contribution in [2.24, 2.45) is 0 Å². The Kier molecular flexibility index (Phi) is 4.78. The van der Waals surface area contributed by atoms with Gasteiger partial charge in [-0.05, 0) is 38.3 Å². The van der Waals surface area contributed by atoms with Gasteiger partial charge in [-0.2, -0.15) is 0 Å². The summed E-state index contributed by atoms with van der Waals surface area (Å²) in [5.41, 5.74) is 0.145. The Balaban J connectivity index is 1.78. The van der Waals surface area contributed by atoms with Crippen LogP contribution >= 0.6 is 0 Å². The molecule has 0 bridgehead atoms. The number of likely N-dealkylation sites (tertiary alicyclic amines) is 1. The first-order chi connectivity index (χ1) is 11.9. The second-order valence-corrected chi connectivity index (χ2v) is 5.98. The zero-order valence-corrected chi connectivity index (χ0v) is 13.6. The Morgan fingerprint density at radius 2 is 1.92 bits per heavy atom. The Labute approximate surface area is 142 Å². The van der Waals surface area contributed by atoms with Gasteiger partial charge in [0.05, 0.1) is 0 Å². The zero-order valence-electron chi connectivity index (χ0n) is 13.6. The molecule has 1 saturated heterocycles. The molecule has 6 nitrogen and oxygen atoms in total. The Hall–Kier alpha value is -2.77. The lowest BCUT2D eigenvalue weighted by Gasteiger charge is -2.34. The van der Waals surface area contributed by atoms with Crippen molar-refractivity contribution in [2.45, 2.75) is 32.2 Å². The first-order valence-electron chi connectivity index (χ1n) is 7.95. The highest BCUT2D eigenvalue weighted by Crippen LogP contribution is 2.22. The molecule has 2 amide bonds. The topological polar surface area (TPSA) is 75.4 Å². The predicted molar refractivity (Wildman–Crippen MR) is 84.9 cm³/mol. The molecule has 0 radical (unpaired) electrons. The number of aromatic nitrogens is 1. The molecule has 0 saturated carbocycles. The summed E-state index contributed by atoms with van der Waals surface area (Å²) in [6, 6.07) is 3.55. The minimum atomic E-state index is -0.787. The summed E-state index contributed by atoms with van der Waals surface area (Å²) >= 11 is 0. The van der Waals surface area contributed by atoms with Crippen molar-refractivity contribution < 1.29 is 22.9 Å². The molecule has 0 unspecified atom stereocenters. The number of halogens is 2. The van der Waals surface area contributed by atoms with Gasteiger partial charge in [0.2, 0.25) is 5.91 Å². The van der Waals surface area contributed by atoms with Crippen LogP contribution in [0.25, 0.3) is 0 Å². The average Bonchev–Trinajstić information content (AvgIpc) is 2.99. The average molecular weight is 349 g/mol. The van der Waals surface area contributed by atoms with Crippen LogP contribution in [0.5, 0.6) is 0 Å². The molecule has 132 valence electrons. The third kappa shape index (κ3) is 3.84. The number of nitrogens with zero attached hydrogens (tertiary/aromatic N) is 2. The molecule has 8 heteroatoms. The molecule has 1 N–H and O–H groups in total. The number of hydrogen-bond acceptors (Lipinski definition) is 4. The van der Waals surface area contributed by atoms with E-state index in [2.05, 4.69) is 10.5 Å². The maximum Gasteiger partial charge on any atom is 0.276 e. The largest absolute Gasteiger partial charge is 0.361 e. The number of carbonyl (C=O) groups excluding carboxylic acids is 2. The smallest absolute Gasteiger partial charge is 0.276 e. The summed E-state index contributed by atoms with van der Waals surface area (Å²) in [5.74, 6) is -1.97. The first kappa shape index (κ1) is 17.1. The van der Waals surface area contributed by atoms with Crippen molar-refractivity contribution in [1.82, 2.24) is 10.1 Å². The molecule has 3 rings (SSSR count). The van der Waals surface area contributed by atoms with E-state index in [0.717, 1.165) is 31.0 Å². The summed E-state index contributed by atoms with van der Waals surface area (Å²) in [7, 11) is 0. The molecule has 0 aliphatic carbocycles. The Bertz CT molecular complexity index is 786. The van der Waals surface area contributed by atoms with Crippen LogP contribution in [-0.2, 0) is 4.79 Å². The fourth-order valence-corrected chi connectivity index (χ4v) is 2.91. The second-order valence-electron chi connectivity index (χ2n) is 5.98. The number of benzene rings is 1.